The Labute approximate surface area is 119 Å². The van der Waals surface area contributed by atoms with Crippen LogP contribution >= 0.6 is 0 Å². The van der Waals surface area contributed by atoms with Crippen molar-refractivity contribution in [1.29, 1.82) is 0 Å². The molecule has 0 radical (unpaired) electrons. The van der Waals surface area contributed by atoms with Gasteiger partial charge in [-0.3, -0.25) is 0 Å². The summed E-state index contributed by atoms with van der Waals surface area (Å²) < 4.78 is 0. The number of rotatable bonds is 5. The molecule has 20 heavy (non-hydrogen) atoms. The average Bonchev–Trinajstić information content (AvgIpc) is 2.37. The highest BCUT2D eigenvalue weighted by Gasteiger charge is 2.12. The van der Waals surface area contributed by atoms with Crippen LogP contribution in [-0.2, 0) is 15.0 Å². The van der Waals surface area contributed by atoms with Gasteiger partial charge in [0.05, 0.1) is 0 Å². The van der Waals surface area contributed by atoms with Crippen LogP contribution in [0.1, 0.15) is 38.8 Å². The molecule has 0 atom stereocenters. The van der Waals surface area contributed by atoms with Gasteiger partial charge in [-0.2, -0.15) is 0 Å². The van der Waals surface area contributed by atoms with E-state index >= 15 is 0 Å². The maximum atomic E-state index is 10.5. The second kappa shape index (κ2) is 6.89. The lowest BCUT2D eigenvalue weighted by molar-refractivity contribution is -0.129. The van der Waals surface area contributed by atoms with Crippen LogP contribution in [0, 0.1) is 0 Å². The fraction of sp³-hybridized carbons (Fsp3) is 0.375. The molecule has 0 aliphatic carbocycles. The molecule has 0 aliphatic rings. The fourth-order valence-corrected chi connectivity index (χ4v) is 1.51. The maximum absolute atomic E-state index is 10.5. The molecule has 1 aromatic carbocycles. The Balaban J connectivity index is 2.59. The van der Waals surface area contributed by atoms with Gasteiger partial charge >= 0.3 is 5.97 Å². The number of hydrogen-bond acceptors (Lipinski definition) is 3. The molecular formula is C16H21NO3. The van der Waals surface area contributed by atoms with Crippen LogP contribution in [0.2, 0.25) is 0 Å². The lowest BCUT2D eigenvalue weighted by Gasteiger charge is -2.19. The normalized spacial score (nSPS) is 12.7. The lowest BCUT2D eigenvalue weighted by atomic mass is 9.86. The number of oxime groups is 1. The minimum Gasteiger partial charge on any atom is -0.477 e. The topological polar surface area (TPSA) is 58.9 Å². The minimum absolute atomic E-state index is 0.0619. The van der Waals surface area contributed by atoms with E-state index in [1.807, 2.05) is 18.2 Å². The molecule has 1 aromatic rings. The van der Waals surface area contributed by atoms with E-state index in [0.29, 0.717) is 0 Å². The largest absolute Gasteiger partial charge is 0.477 e. The second-order valence-corrected chi connectivity index (χ2v) is 5.56. The van der Waals surface area contributed by atoms with Crippen LogP contribution in [0.25, 0.3) is 6.08 Å². The van der Waals surface area contributed by atoms with E-state index in [1.165, 1.54) is 12.5 Å². The fourth-order valence-electron chi connectivity index (χ4n) is 1.51. The summed E-state index contributed by atoms with van der Waals surface area (Å²) in [6, 6.07) is 8.27. The van der Waals surface area contributed by atoms with Gasteiger partial charge in [0.15, 0.2) is 5.71 Å². The number of nitrogens with zero attached hydrogens (tertiary/aromatic N) is 1. The SMILES string of the molecule is CC(=NOC/C=C/c1cccc(C(C)(C)C)c1)C(=O)O. The van der Waals surface area contributed by atoms with Gasteiger partial charge < -0.3 is 9.94 Å². The van der Waals surface area contributed by atoms with Gasteiger partial charge in [-0.05, 0) is 29.5 Å². The number of carbonyl (C=O) groups is 1. The molecule has 0 amide bonds. The Hall–Kier alpha value is -2.10. The Kier molecular flexibility index (Phi) is 5.50. The highest BCUT2D eigenvalue weighted by atomic mass is 16.6. The lowest BCUT2D eigenvalue weighted by Crippen LogP contribution is -2.10. The number of carboxylic acid groups (broad SMARTS) is 1. The smallest absolute Gasteiger partial charge is 0.353 e. The first-order chi connectivity index (χ1) is 9.30. The number of aliphatic carboxylic acids is 1. The standard InChI is InChI=1S/C16H21NO3/c1-12(15(18)19)17-20-10-6-8-13-7-5-9-14(11-13)16(2,3)4/h5-9,11H,10H2,1-4H3,(H,18,19)/b8-6+,17-12?. The van der Waals surface area contributed by atoms with Crippen LogP contribution < -0.4 is 0 Å². The molecule has 1 rings (SSSR count). The monoisotopic (exact) mass is 275 g/mol. The van der Waals surface area contributed by atoms with E-state index in [-0.39, 0.29) is 17.7 Å². The molecule has 0 saturated carbocycles. The molecule has 1 N–H and O–H groups in total. The van der Waals surface area contributed by atoms with Gasteiger partial charge in [-0.1, -0.05) is 56.3 Å². The van der Waals surface area contributed by atoms with E-state index in [4.69, 9.17) is 9.94 Å². The van der Waals surface area contributed by atoms with E-state index in [2.05, 4.69) is 38.1 Å². The van der Waals surface area contributed by atoms with Crippen molar-refractivity contribution < 1.29 is 14.7 Å². The van der Waals surface area contributed by atoms with E-state index in [1.54, 1.807) is 6.08 Å². The maximum Gasteiger partial charge on any atom is 0.353 e. The van der Waals surface area contributed by atoms with Crippen molar-refractivity contribution in [2.75, 3.05) is 6.61 Å². The molecule has 108 valence electrons. The molecule has 0 unspecified atom stereocenters. The van der Waals surface area contributed by atoms with Crippen LogP contribution in [0.3, 0.4) is 0 Å². The molecule has 4 nitrogen and oxygen atoms in total. The van der Waals surface area contributed by atoms with Crippen molar-refractivity contribution in [3.05, 3.63) is 41.5 Å². The van der Waals surface area contributed by atoms with E-state index < -0.39 is 5.97 Å². The van der Waals surface area contributed by atoms with E-state index in [0.717, 1.165) is 5.56 Å². The van der Waals surface area contributed by atoms with Gasteiger partial charge in [0.25, 0.3) is 0 Å². The third-order valence-electron chi connectivity index (χ3n) is 2.74. The zero-order valence-corrected chi connectivity index (χ0v) is 12.4. The molecule has 0 heterocycles. The summed E-state index contributed by atoms with van der Waals surface area (Å²) in [6.07, 6.45) is 3.74. The van der Waals surface area contributed by atoms with Crippen LogP contribution in [0.4, 0.5) is 0 Å². The predicted molar refractivity (Wildman–Crippen MR) is 80.9 cm³/mol. The van der Waals surface area contributed by atoms with Gasteiger partial charge in [-0.15, -0.1) is 0 Å². The molecule has 0 spiro atoms. The van der Waals surface area contributed by atoms with Gasteiger partial charge in [0.2, 0.25) is 0 Å². The Morgan fingerprint density at radius 1 is 1.40 bits per heavy atom. The van der Waals surface area contributed by atoms with E-state index in [9.17, 15) is 4.79 Å². The quantitative estimate of drug-likeness (QED) is 0.508. The van der Waals surface area contributed by atoms with Crippen molar-refractivity contribution in [3.8, 4) is 0 Å². The second-order valence-electron chi connectivity index (χ2n) is 5.56. The Morgan fingerprint density at radius 3 is 2.70 bits per heavy atom. The summed E-state index contributed by atoms with van der Waals surface area (Å²) in [5, 5.41) is 12.1. The molecule has 0 aromatic heterocycles. The van der Waals surface area contributed by atoms with Crippen molar-refractivity contribution >= 4 is 17.8 Å². The van der Waals surface area contributed by atoms with Crippen LogP contribution in [0.15, 0.2) is 35.5 Å². The number of carboxylic acids is 1. The van der Waals surface area contributed by atoms with Crippen LogP contribution in [0.5, 0.6) is 0 Å². The Morgan fingerprint density at radius 2 is 2.10 bits per heavy atom. The van der Waals surface area contributed by atoms with Gasteiger partial charge in [-0.25, -0.2) is 4.79 Å². The molecule has 0 bridgehead atoms. The first kappa shape index (κ1) is 16.0. The average molecular weight is 275 g/mol. The van der Waals surface area contributed by atoms with Crippen molar-refractivity contribution in [1.82, 2.24) is 0 Å². The Bertz CT molecular complexity index is 525. The highest BCUT2D eigenvalue weighted by molar-refractivity contribution is 6.34. The predicted octanol–water partition coefficient (Wildman–Crippen LogP) is 3.47. The van der Waals surface area contributed by atoms with Gasteiger partial charge in [0, 0.05) is 0 Å². The number of hydrogen-bond donors (Lipinski definition) is 1. The zero-order valence-electron chi connectivity index (χ0n) is 12.4. The first-order valence-electron chi connectivity index (χ1n) is 6.47. The van der Waals surface area contributed by atoms with Crippen LogP contribution in [-0.4, -0.2) is 23.4 Å². The van der Waals surface area contributed by atoms with Gasteiger partial charge in [0.1, 0.15) is 6.61 Å². The first-order valence-corrected chi connectivity index (χ1v) is 6.47. The summed E-state index contributed by atoms with van der Waals surface area (Å²) in [5.41, 5.74) is 2.40. The molecule has 4 heteroatoms. The number of benzene rings is 1. The summed E-state index contributed by atoms with van der Waals surface area (Å²) in [6.45, 7) is 8.14. The third-order valence-corrected chi connectivity index (χ3v) is 2.74. The summed E-state index contributed by atoms with van der Waals surface area (Å²) >= 11 is 0. The third kappa shape index (κ3) is 5.26. The van der Waals surface area contributed by atoms with Crippen molar-refractivity contribution in [2.24, 2.45) is 5.16 Å². The summed E-state index contributed by atoms with van der Waals surface area (Å²) in [7, 11) is 0. The summed E-state index contributed by atoms with van der Waals surface area (Å²) in [4.78, 5) is 15.4. The highest BCUT2D eigenvalue weighted by Crippen LogP contribution is 2.23. The molecule has 0 aliphatic heterocycles. The van der Waals surface area contributed by atoms with Crippen molar-refractivity contribution in [3.63, 3.8) is 0 Å². The van der Waals surface area contributed by atoms with Crippen molar-refractivity contribution in [2.45, 2.75) is 33.1 Å². The molecular weight excluding hydrogens is 254 g/mol. The molecule has 0 fully saturated rings. The zero-order chi connectivity index (χ0) is 15.2. The molecule has 0 saturated heterocycles. The summed E-state index contributed by atoms with van der Waals surface area (Å²) in [5.74, 6) is -1.08. The minimum atomic E-state index is -1.08.